The second kappa shape index (κ2) is 11.5. The molecule has 2 atom stereocenters. The normalized spacial score (nSPS) is 15.7. The molecule has 3 aromatic rings. The van der Waals surface area contributed by atoms with Crippen LogP contribution in [0.4, 0.5) is 0 Å². The van der Waals surface area contributed by atoms with Crippen LogP contribution in [0.5, 0.6) is 23.0 Å². The molecule has 2 heterocycles. The summed E-state index contributed by atoms with van der Waals surface area (Å²) in [6, 6.07) is 8.58. The van der Waals surface area contributed by atoms with E-state index in [1.165, 1.54) is 18.2 Å². The minimum absolute atomic E-state index is 0. The molecule has 0 saturated carbocycles. The van der Waals surface area contributed by atoms with Crippen LogP contribution in [0.3, 0.4) is 0 Å². The van der Waals surface area contributed by atoms with Crippen LogP contribution < -0.4 is 44.1 Å². The molecule has 0 fully saturated rings. The summed E-state index contributed by atoms with van der Waals surface area (Å²) in [5.74, 6) is -0.0378. The summed E-state index contributed by atoms with van der Waals surface area (Å²) in [5.41, 5.74) is 1.98. The van der Waals surface area contributed by atoms with E-state index >= 15 is 0 Å². The summed E-state index contributed by atoms with van der Waals surface area (Å²) in [6.45, 7) is 0.812. The van der Waals surface area contributed by atoms with Gasteiger partial charge in [-0.15, -0.1) is 0 Å². The molecule has 1 aromatic heterocycles. The van der Waals surface area contributed by atoms with Gasteiger partial charge < -0.3 is 33.3 Å². The zero-order valence-corrected chi connectivity index (χ0v) is 22.8. The van der Waals surface area contributed by atoms with Crippen LogP contribution in [-0.2, 0) is 21.0 Å². The Kier molecular flexibility index (Phi) is 8.93. The molecule has 186 valence electrons. The number of benzene rings is 2. The molecule has 0 saturated heterocycles. The van der Waals surface area contributed by atoms with Gasteiger partial charge in [-0.25, -0.2) is 4.98 Å². The van der Waals surface area contributed by atoms with Gasteiger partial charge in [0.15, 0.2) is 11.5 Å². The zero-order valence-electron chi connectivity index (χ0n) is 19.9. The Balaban J connectivity index is 0.00000361. The van der Waals surface area contributed by atoms with Gasteiger partial charge in [0.1, 0.15) is 18.1 Å². The fourth-order valence-electron chi connectivity index (χ4n) is 3.58. The molecule has 1 aliphatic rings. The minimum Gasteiger partial charge on any atom is -0.870 e. The summed E-state index contributed by atoms with van der Waals surface area (Å²) >= 11 is 0. The number of fused-ring (bicyclic) bond motifs is 1. The predicted molar refractivity (Wildman–Crippen MR) is 123 cm³/mol. The molecule has 1 aliphatic heterocycles. The van der Waals surface area contributed by atoms with Crippen molar-refractivity contribution in [3.05, 3.63) is 72.0 Å². The topological polar surface area (TPSA) is 146 Å². The number of aromatic hydroxyl groups is 1. The first-order valence-electron chi connectivity index (χ1n) is 10.6. The summed E-state index contributed by atoms with van der Waals surface area (Å²) in [6.07, 6.45) is 5.56. The van der Waals surface area contributed by atoms with E-state index in [4.69, 9.17) is 14.0 Å². The maximum Gasteiger partial charge on any atom is 1.00 e. The van der Waals surface area contributed by atoms with Crippen LogP contribution in [0.25, 0.3) is 6.08 Å². The minimum atomic E-state index is -4.60. The van der Waals surface area contributed by atoms with Gasteiger partial charge in [0.05, 0.1) is 12.0 Å². The van der Waals surface area contributed by atoms with E-state index in [9.17, 15) is 18.6 Å². The van der Waals surface area contributed by atoms with Crippen molar-refractivity contribution in [1.82, 2.24) is 14.5 Å². The third kappa shape index (κ3) is 6.93. The van der Waals surface area contributed by atoms with Crippen molar-refractivity contribution in [2.75, 3.05) is 20.6 Å². The number of rotatable bonds is 9. The summed E-state index contributed by atoms with van der Waals surface area (Å²) in [4.78, 5) is 6.52. The van der Waals surface area contributed by atoms with Crippen LogP contribution in [0.2, 0.25) is 0 Å². The number of aromatic nitrogens is 2. The van der Waals surface area contributed by atoms with Gasteiger partial charge in [-0.3, -0.25) is 4.55 Å². The van der Waals surface area contributed by atoms with E-state index in [2.05, 4.69) is 9.17 Å². The molecule has 36 heavy (non-hydrogen) atoms. The number of phenolic OH excluding ortho intramolecular Hbond substituents is 1. The van der Waals surface area contributed by atoms with Gasteiger partial charge in [-0.2, -0.15) is 8.42 Å². The van der Waals surface area contributed by atoms with Crippen molar-refractivity contribution in [2.24, 2.45) is 0 Å². The van der Waals surface area contributed by atoms with Crippen molar-refractivity contribution >= 4 is 16.5 Å². The molecule has 2 aromatic carbocycles. The molecule has 0 unspecified atom stereocenters. The van der Waals surface area contributed by atoms with Gasteiger partial charge in [-0.1, -0.05) is 23.9 Å². The van der Waals surface area contributed by atoms with E-state index < -0.39 is 28.5 Å². The molecular weight excluding hydrogens is 501 g/mol. The van der Waals surface area contributed by atoms with E-state index in [1.807, 2.05) is 29.8 Å². The zero-order chi connectivity index (χ0) is 25.2. The molecule has 4 rings (SSSR count). The Morgan fingerprint density at radius 1 is 1.22 bits per heavy atom. The summed E-state index contributed by atoms with van der Waals surface area (Å²) in [5, 5.41) is 21.8. The smallest absolute Gasteiger partial charge is 0.870 e. The Bertz CT molecular complexity index is 1340. The van der Waals surface area contributed by atoms with Crippen LogP contribution in [0, 0.1) is 0 Å². The maximum atomic E-state index is 11.8. The number of likely N-dealkylation sites (N-methyl/N-ethyl adjacent to an activating group) is 1. The molecule has 0 bridgehead atoms. The van der Waals surface area contributed by atoms with Crippen LogP contribution in [0.1, 0.15) is 22.9 Å². The van der Waals surface area contributed by atoms with Gasteiger partial charge in [0.2, 0.25) is 0 Å². The average molecular weight is 526 g/mol. The third-order valence-electron chi connectivity index (χ3n) is 5.27. The quantitative estimate of drug-likeness (QED) is 0.202. The first-order chi connectivity index (χ1) is 16.6. The molecule has 13 heteroatoms. The van der Waals surface area contributed by atoms with Crippen LogP contribution >= 0.6 is 0 Å². The van der Waals surface area contributed by atoms with Crippen molar-refractivity contribution in [3.63, 3.8) is 0 Å². The second-order valence-electron chi connectivity index (χ2n) is 8.17. The fourth-order valence-corrected chi connectivity index (χ4v) is 3.78. The van der Waals surface area contributed by atoms with E-state index in [-0.39, 0.29) is 35.3 Å². The van der Waals surface area contributed by atoms with Crippen molar-refractivity contribution < 1.29 is 66.4 Å². The average Bonchev–Trinajstić information content (AvgIpc) is 3.41. The third-order valence-corrected chi connectivity index (χ3v) is 5.62. The molecule has 0 aliphatic carbocycles. The second-order valence-corrected chi connectivity index (χ2v) is 9.22. The van der Waals surface area contributed by atoms with Crippen LogP contribution in [-0.4, -0.2) is 59.5 Å². The molecule has 0 spiro atoms. The Morgan fingerprint density at radius 2 is 1.97 bits per heavy atom. The van der Waals surface area contributed by atoms with E-state index in [1.54, 1.807) is 30.6 Å². The number of hydrogen-bond acceptors (Lipinski definition) is 9. The maximum absolute atomic E-state index is 11.8. The molecular formula is C23H24N3NaO8S. The number of phenols is 1. The van der Waals surface area contributed by atoms with Gasteiger partial charge >= 0.3 is 40.0 Å². The fraction of sp³-hybridized carbons (Fsp3) is 0.261. The molecule has 0 amide bonds. The van der Waals surface area contributed by atoms with Crippen molar-refractivity contribution in [1.29, 1.82) is 0 Å². The predicted octanol–water partition coefficient (Wildman–Crippen LogP) is -1.05. The summed E-state index contributed by atoms with van der Waals surface area (Å²) in [7, 11) is -0.648. The monoisotopic (exact) mass is 525 g/mol. The number of imidazole rings is 1. The standard InChI is InChI=1S/C23H25N3O8S.Na/c1-25(2)9-7-17-13-26(14-24-17)22(16-4-5-18(27)19(28)12-16)23-33-20-6-3-15(11-21(20)34-23)8-10-32-35(29,30)31;/h3-6,8,10-14,22-23,27-28H,7,9H2,1-2H3,(H,29,30,31);/q;+1/p-1/b10-8-;/t22-,23+;/m0./s1. The van der Waals surface area contributed by atoms with E-state index in [0.717, 1.165) is 24.9 Å². The summed E-state index contributed by atoms with van der Waals surface area (Å²) < 4.78 is 48.2. The SMILES string of the molecule is CN(C)CCc1cn([C@@H](c2ccc([O-])c(O)c2)[C@@H]2Oc3ccc(/C=C\OS(=O)(=O)O)cc3O2)cn1.[Na+]. The molecule has 11 nitrogen and oxygen atoms in total. The van der Waals surface area contributed by atoms with E-state index in [0.29, 0.717) is 22.6 Å². The molecule has 0 radical (unpaired) electrons. The van der Waals surface area contributed by atoms with Crippen molar-refractivity contribution in [3.8, 4) is 23.0 Å². The number of ether oxygens (including phenoxy) is 2. The van der Waals surface area contributed by atoms with Gasteiger partial charge in [-0.05, 0) is 49.5 Å². The molecule has 2 N–H and O–H groups in total. The Labute approximate surface area is 230 Å². The number of hydrogen-bond donors (Lipinski definition) is 2. The number of nitrogens with zero attached hydrogens (tertiary/aromatic N) is 3. The Morgan fingerprint density at radius 3 is 2.67 bits per heavy atom. The first kappa shape index (κ1) is 27.8. The Hall–Kier alpha value is -2.74. The largest absolute Gasteiger partial charge is 1.00 e. The van der Waals surface area contributed by atoms with Gasteiger partial charge in [0, 0.05) is 19.2 Å². The van der Waals surface area contributed by atoms with Crippen LogP contribution in [0.15, 0.2) is 55.2 Å². The van der Waals surface area contributed by atoms with Gasteiger partial charge in [0.25, 0.3) is 6.29 Å². The first-order valence-corrected chi connectivity index (χ1v) is 11.9. The van der Waals surface area contributed by atoms with Crippen molar-refractivity contribution in [2.45, 2.75) is 18.8 Å².